The summed E-state index contributed by atoms with van der Waals surface area (Å²) in [7, 11) is 0. The number of carbonyl (C=O) groups is 1. The molecule has 1 amide bonds. The molecule has 0 saturated carbocycles. The van der Waals surface area contributed by atoms with Crippen molar-refractivity contribution in [2.24, 2.45) is 0 Å². The van der Waals surface area contributed by atoms with E-state index in [0.29, 0.717) is 5.69 Å². The molecule has 0 unspecified atom stereocenters. The van der Waals surface area contributed by atoms with Gasteiger partial charge in [-0.15, -0.1) is 0 Å². The van der Waals surface area contributed by atoms with Gasteiger partial charge in [0.25, 0.3) is 0 Å². The number of rotatable bonds is 3. The Morgan fingerprint density at radius 3 is 2.89 bits per heavy atom. The summed E-state index contributed by atoms with van der Waals surface area (Å²) in [6, 6.07) is 7.64. The zero-order valence-electron chi connectivity index (χ0n) is 9.56. The van der Waals surface area contributed by atoms with Gasteiger partial charge >= 0.3 is 0 Å². The molecule has 92 valence electrons. The molecular formula is C13H12FN3O. The number of halogens is 1. The second-order valence-corrected chi connectivity index (χ2v) is 3.82. The number of hydrogen-bond donors (Lipinski definition) is 2. The van der Waals surface area contributed by atoms with Crippen molar-refractivity contribution in [2.75, 3.05) is 11.1 Å². The second-order valence-electron chi connectivity index (χ2n) is 3.82. The Bertz CT molecular complexity index is 557. The van der Waals surface area contributed by atoms with Crippen LogP contribution in [0.15, 0.2) is 42.7 Å². The molecule has 0 bridgehead atoms. The third kappa shape index (κ3) is 3.04. The molecule has 0 aliphatic heterocycles. The first-order valence-electron chi connectivity index (χ1n) is 5.39. The SMILES string of the molecule is Nc1cc(NC(=O)Cc2cccnc2)ccc1F. The van der Waals surface area contributed by atoms with Crippen LogP contribution in [0.1, 0.15) is 5.56 Å². The molecule has 1 heterocycles. The van der Waals surface area contributed by atoms with Crippen LogP contribution in [0.25, 0.3) is 0 Å². The Balaban J connectivity index is 2.01. The zero-order valence-corrected chi connectivity index (χ0v) is 9.56. The van der Waals surface area contributed by atoms with E-state index in [9.17, 15) is 9.18 Å². The van der Waals surface area contributed by atoms with Crippen LogP contribution in [-0.2, 0) is 11.2 Å². The van der Waals surface area contributed by atoms with Gasteiger partial charge in [-0.05, 0) is 29.8 Å². The number of aromatic nitrogens is 1. The van der Waals surface area contributed by atoms with Crippen molar-refractivity contribution in [1.82, 2.24) is 4.98 Å². The summed E-state index contributed by atoms with van der Waals surface area (Å²) in [5.74, 6) is -0.700. The Kier molecular flexibility index (Phi) is 3.52. The predicted octanol–water partition coefficient (Wildman–Crippen LogP) is 1.98. The third-order valence-electron chi connectivity index (χ3n) is 2.37. The summed E-state index contributed by atoms with van der Waals surface area (Å²) < 4.78 is 12.9. The monoisotopic (exact) mass is 245 g/mol. The normalized spacial score (nSPS) is 10.1. The highest BCUT2D eigenvalue weighted by atomic mass is 19.1. The molecule has 3 N–H and O–H groups in total. The number of carbonyl (C=O) groups excluding carboxylic acids is 1. The van der Waals surface area contributed by atoms with E-state index < -0.39 is 5.82 Å². The molecule has 0 spiro atoms. The Morgan fingerprint density at radius 2 is 2.22 bits per heavy atom. The molecule has 5 heteroatoms. The van der Waals surface area contributed by atoms with Crippen LogP contribution in [-0.4, -0.2) is 10.9 Å². The first-order valence-corrected chi connectivity index (χ1v) is 5.39. The topological polar surface area (TPSA) is 68.0 Å². The average molecular weight is 245 g/mol. The number of hydrogen-bond acceptors (Lipinski definition) is 3. The zero-order chi connectivity index (χ0) is 13.0. The molecule has 0 atom stereocenters. The fraction of sp³-hybridized carbons (Fsp3) is 0.0769. The van der Waals surface area contributed by atoms with Crippen LogP contribution in [0.4, 0.5) is 15.8 Å². The van der Waals surface area contributed by atoms with Gasteiger partial charge in [-0.3, -0.25) is 9.78 Å². The maximum absolute atomic E-state index is 12.9. The standard InChI is InChI=1S/C13H12FN3O/c14-11-4-3-10(7-12(11)15)17-13(18)6-9-2-1-5-16-8-9/h1-5,7-8H,6,15H2,(H,17,18). The molecule has 0 aliphatic rings. The van der Waals surface area contributed by atoms with Gasteiger partial charge in [-0.1, -0.05) is 6.07 Å². The molecule has 18 heavy (non-hydrogen) atoms. The van der Waals surface area contributed by atoms with E-state index in [4.69, 9.17) is 5.73 Å². The van der Waals surface area contributed by atoms with Crippen LogP contribution in [0, 0.1) is 5.82 Å². The lowest BCUT2D eigenvalue weighted by Gasteiger charge is -2.06. The van der Waals surface area contributed by atoms with E-state index in [2.05, 4.69) is 10.3 Å². The number of nitrogens with zero attached hydrogens (tertiary/aromatic N) is 1. The summed E-state index contributed by atoms with van der Waals surface area (Å²) in [6.07, 6.45) is 3.48. The number of nitrogen functional groups attached to an aromatic ring is 1. The third-order valence-corrected chi connectivity index (χ3v) is 2.37. The highest BCUT2D eigenvalue weighted by molar-refractivity contribution is 5.92. The first-order chi connectivity index (χ1) is 8.65. The van der Waals surface area contributed by atoms with Gasteiger partial charge < -0.3 is 11.1 Å². The van der Waals surface area contributed by atoms with Crippen LogP contribution < -0.4 is 11.1 Å². The van der Waals surface area contributed by atoms with Gasteiger partial charge in [0, 0.05) is 18.1 Å². The number of pyridine rings is 1. The minimum absolute atomic E-state index is 0.00850. The van der Waals surface area contributed by atoms with E-state index in [1.54, 1.807) is 18.5 Å². The molecule has 2 rings (SSSR count). The second kappa shape index (κ2) is 5.27. The molecular weight excluding hydrogens is 233 g/mol. The molecule has 0 fully saturated rings. The number of nitrogens with one attached hydrogen (secondary N) is 1. The minimum Gasteiger partial charge on any atom is -0.396 e. The van der Waals surface area contributed by atoms with Crippen molar-refractivity contribution in [3.8, 4) is 0 Å². The van der Waals surface area contributed by atoms with Crippen molar-refractivity contribution in [3.05, 3.63) is 54.1 Å². The van der Waals surface area contributed by atoms with E-state index in [1.807, 2.05) is 6.07 Å². The van der Waals surface area contributed by atoms with Gasteiger partial charge in [0.1, 0.15) is 5.82 Å². The van der Waals surface area contributed by atoms with Crippen molar-refractivity contribution in [2.45, 2.75) is 6.42 Å². The van der Waals surface area contributed by atoms with E-state index in [1.165, 1.54) is 18.2 Å². The van der Waals surface area contributed by atoms with Crippen molar-refractivity contribution in [3.63, 3.8) is 0 Å². The Morgan fingerprint density at radius 1 is 1.39 bits per heavy atom. The van der Waals surface area contributed by atoms with Gasteiger partial charge in [-0.25, -0.2) is 4.39 Å². The van der Waals surface area contributed by atoms with Crippen LogP contribution in [0.5, 0.6) is 0 Å². The molecule has 4 nitrogen and oxygen atoms in total. The molecule has 1 aromatic heterocycles. The lowest BCUT2D eigenvalue weighted by Crippen LogP contribution is -2.14. The van der Waals surface area contributed by atoms with E-state index >= 15 is 0 Å². The average Bonchev–Trinajstić information content (AvgIpc) is 2.35. The smallest absolute Gasteiger partial charge is 0.228 e. The minimum atomic E-state index is -0.500. The molecule has 0 radical (unpaired) electrons. The highest BCUT2D eigenvalue weighted by Crippen LogP contribution is 2.16. The summed E-state index contributed by atoms with van der Waals surface area (Å²) in [5, 5.41) is 2.65. The Labute approximate surface area is 104 Å². The van der Waals surface area contributed by atoms with Crippen LogP contribution in [0.2, 0.25) is 0 Å². The van der Waals surface area contributed by atoms with E-state index in [-0.39, 0.29) is 18.0 Å². The van der Waals surface area contributed by atoms with Crippen molar-refractivity contribution in [1.29, 1.82) is 0 Å². The molecule has 0 aliphatic carbocycles. The lowest BCUT2D eigenvalue weighted by atomic mass is 10.2. The van der Waals surface area contributed by atoms with Gasteiger partial charge in [0.05, 0.1) is 12.1 Å². The molecule has 1 aromatic carbocycles. The van der Waals surface area contributed by atoms with E-state index in [0.717, 1.165) is 5.56 Å². The van der Waals surface area contributed by atoms with Gasteiger partial charge in [0.2, 0.25) is 5.91 Å². The summed E-state index contributed by atoms with van der Waals surface area (Å²) in [6.45, 7) is 0. The molecule has 0 saturated heterocycles. The fourth-order valence-corrected chi connectivity index (χ4v) is 1.51. The molecule has 2 aromatic rings. The highest BCUT2D eigenvalue weighted by Gasteiger charge is 2.05. The van der Waals surface area contributed by atoms with Crippen LogP contribution in [0.3, 0.4) is 0 Å². The number of nitrogens with two attached hydrogens (primary N) is 1. The summed E-state index contributed by atoms with van der Waals surface area (Å²) in [4.78, 5) is 15.6. The van der Waals surface area contributed by atoms with Gasteiger partial charge in [-0.2, -0.15) is 0 Å². The number of anilines is 2. The van der Waals surface area contributed by atoms with Crippen LogP contribution >= 0.6 is 0 Å². The fourth-order valence-electron chi connectivity index (χ4n) is 1.51. The first kappa shape index (κ1) is 12.0. The maximum atomic E-state index is 12.9. The summed E-state index contributed by atoms with van der Waals surface area (Å²) in [5.41, 5.74) is 6.71. The predicted molar refractivity (Wildman–Crippen MR) is 67.4 cm³/mol. The number of benzene rings is 1. The lowest BCUT2D eigenvalue weighted by molar-refractivity contribution is -0.115. The van der Waals surface area contributed by atoms with Crippen molar-refractivity contribution >= 4 is 17.3 Å². The van der Waals surface area contributed by atoms with Gasteiger partial charge in [0.15, 0.2) is 0 Å². The summed E-state index contributed by atoms with van der Waals surface area (Å²) >= 11 is 0. The largest absolute Gasteiger partial charge is 0.396 e. The van der Waals surface area contributed by atoms with Crippen molar-refractivity contribution < 1.29 is 9.18 Å². The quantitative estimate of drug-likeness (QED) is 0.812. The number of amides is 1. The maximum Gasteiger partial charge on any atom is 0.228 e. The Hall–Kier alpha value is -2.43.